The van der Waals surface area contributed by atoms with Crippen molar-refractivity contribution in [1.82, 2.24) is 15.1 Å². The first kappa shape index (κ1) is 15.6. The number of benzene rings is 1. The maximum Gasteiger partial charge on any atom is 0.271 e. The number of halogens is 1. The quantitative estimate of drug-likeness (QED) is 0.907. The monoisotopic (exact) mass is 347 g/mol. The number of nitrogens with one attached hydrogen (secondary N) is 1. The van der Waals surface area contributed by atoms with Crippen LogP contribution in [-0.4, -0.2) is 53.1 Å². The molecule has 1 amide bonds. The number of rotatable bonds is 2. The molecule has 1 N–H and O–H groups in total. The van der Waals surface area contributed by atoms with Crippen LogP contribution in [0.3, 0.4) is 0 Å². The van der Waals surface area contributed by atoms with Crippen molar-refractivity contribution in [3.05, 3.63) is 41.0 Å². The molecule has 2 fully saturated rings. The number of likely N-dealkylation sites (tertiary alicyclic amines) is 1. The highest BCUT2D eigenvalue weighted by Gasteiger charge is 2.41. The van der Waals surface area contributed by atoms with E-state index in [9.17, 15) is 4.79 Å². The second-order valence-electron chi connectivity index (χ2n) is 6.07. The summed E-state index contributed by atoms with van der Waals surface area (Å²) in [6.07, 6.45) is 1.41. The molecule has 0 unspecified atom stereocenters. The number of hydrogen-bond acceptors (Lipinski definition) is 4. The number of H-pyrrole nitrogens is 1. The second kappa shape index (κ2) is 6.20. The molecule has 7 heteroatoms. The average molecular weight is 348 g/mol. The Morgan fingerprint density at radius 2 is 1.83 bits per heavy atom. The highest BCUT2D eigenvalue weighted by Crippen LogP contribution is 2.31. The lowest BCUT2D eigenvalue weighted by Crippen LogP contribution is -2.47. The van der Waals surface area contributed by atoms with Crippen molar-refractivity contribution >= 4 is 17.5 Å². The van der Waals surface area contributed by atoms with Crippen molar-refractivity contribution in [2.45, 2.75) is 18.6 Å². The molecule has 0 aliphatic carbocycles. The van der Waals surface area contributed by atoms with Crippen LogP contribution in [-0.2, 0) is 9.47 Å². The normalized spacial score (nSPS) is 19.8. The van der Waals surface area contributed by atoms with E-state index in [4.69, 9.17) is 21.1 Å². The van der Waals surface area contributed by atoms with E-state index < -0.39 is 5.79 Å². The Bertz CT molecular complexity index is 728. The van der Waals surface area contributed by atoms with Gasteiger partial charge in [0.1, 0.15) is 5.69 Å². The Kier molecular flexibility index (Phi) is 4.04. The smallest absolute Gasteiger partial charge is 0.271 e. The predicted octanol–water partition coefficient (Wildman–Crippen LogP) is 2.71. The molecular weight excluding hydrogens is 330 g/mol. The fourth-order valence-corrected chi connectivity index (χ4v) is 3.33. The van der Waals surface area contributed by atoms with Gasteiger partial charge < -0.3 is 14.4 Å². The standard InChI is InChI=1S/C17H18ClN3O3/c18-13-3-1-12(2-4-13)14-11-15(20-19-14)16(22)21-7-5-17(6-8-21)23-9-10-24-17/h1-4,11H,5-10H2,(H,19,20). The summed E-state index contributed by atoms with van der Waals surface area (Å²) in [6.45, 7) is 2.51. The summed E-state index contributed by atoms with van der Waals surface area (Å²) in [4.78, 5) is 14.5. The number of aromatic nitrogens is 2. The maximum atomic E-state index is 12.7. The molecule has 0 bridgehead atoms. The van der Waals surface area contributed by atoms with E-state index >= 15 is 0 Å². The molecule has 126 valence electrons. The van der Waals surface area contributed by atoms with E-state index in [1.165, 1.54) is 0 Å². The maximum absolute atomic E-state index is 12.7. The van der Waals surface area contributed by atoms with Gasteiger partial charge in [0.25, 0.3) is 5.91 Å². The lowest BCUT2D eigenvalue weighted by molar-refractivity contribution is -0.181. The zero-order valence-corrected chi connectivity index (χ0v) is 13.9. The van der Waals surface area contributed by atoms with Gasteiger partial charge in [0.2, 0.25) is 0 Å². The molecule has 0 radical (unpaired) electrons. The second-order valence-corrected chi connectivity index (χ2v) is 6.51. The lowest BCUT2D eigenvalue weighted by atomic mass is 10.0. The van der Waals surface area contributed by atoms with Crippen LogP contribution in [0.1, 0.15) is 23.3 Å². The average Bonchev–Trinajstić information content (AvgIpc) is 3.26. The van der Waals surface area contributed by atoms with Crippen molar-refractivity contribution in [3.63, 3.8) is 0 Å². The first-order chi connectivity index (χ1) is 11.7. The third-order valence-corrected chi connectivity index (χ3v) is 4.83. The number of nitrogens with zero attached hydrogens (tertiary/aromatic N) is 2. The minimum absolute atomic E-state index is 0.0458. The van der Waals surface area contributed by atoms with E-state index in [-0.39, 0.29) is 5.91 Å². The molecule has 0 saturated carbocycles. The Morgan fingerprint density at radius 3 is 2.50 bits per heavy atom. The Labute approximate surface area is 144 Å². The SMILES string of the molecule is O=C(c1cc(-c2ccc(Cl)cc2)n[nH]1)N1CCC2(CC1)OCCO2. The van der Waals surface area contributed by atoms with Gasteiger partial charge in [-0.05, 0) is 18.2 Å². The van der Waals surface area contributed by atoms with E-state index in [0.29, 0.717) is 49.9 Å². The topological polar surface area (TPSA) is 67.5 Å². The zero-order chi connectivity index (χ0) is 16.6. The molecule has 6 nitrogen and oxygen atoms in total. The molecule has 24 heavy (non-hydrogen) atoms. The summed E-state index contributed by atoms with van der Waals surface area (Å²) in [5.74, 6) is -0.519. The van der Waals surface area contributed by atoms with Crippen molar-refractivity contribution in [2.24, 2.45) is 0 Å². The largest absolute Gasteiger partial charge is 0.347 e. The molecule has 2 aliphatic heterocycles. The van der Waals surface area contributed by atoms with Crippen LogP contribution in [0.4, 0.5) is 0 Å². The molecule has 0 atom stereocenters. The number of carbonyl (C=O) groups excluding carboxylic acids is 1. The Balaban J connectivity index is 1.45. The lowest BCUT2D eigenvalue weighted by Gasteiger charge is -2.37. The van der Waals surface area contributed by atoms with Crippen LogP contribution in [0.2, 0.25) is 5.02 Å². The first-order valence-corrected chi connectivity index (χ1v) is 8.42. The molecule has 2 aliphatic rings. The highest BCUT2D eigenvalue weighted by atomic mass is 35.5. The van der Waals surface area contributed by atoms with Crippen LogP contribution in [0.5, 0.6) is 0 Å². The number of carbonyl (C=O) groups is 1. The van der Waals surface area contributed by atoms with E-state index in [0.717, 1.165) is 11.3 Å². The van der Waals surface area contributed by atoms with Gasteiger partial charge in [0.05, 0.1) is 18.9 Å². The minimum atomic E-state index is -0.473. The summed E-state index contributed by atoms with van der Waals surface area (Å²) < 4.78 is 11.4. The fraction of sp³-hybridized carbons (Fsp3) is 0.412. The molecular formula is C17H18ClN3O3. The van der Waals surface area contributed by atoms with Gasteiger partial charge in [-0.1, -0.05) is 23.7 Å². The van der Waals surface area contributed by atoms with E-state index in [2.05, 4.69) is 10.2 Å². The summed E-state index contributed by atoms with van der Waals surface area (Å²) >= 11 is 5.90. The van der Waals surface area contributed by atoms with Crippen LogP contribution in [0.15, 0.2) is 30.3 Å². The van der Waals surface area contributed by atoms with Gasteiger partial charge in [-0.2, -0.15) is 5.10 Å². The highest BCUT2D eigenvalue weighted by molar-refractivity contribution is 6.30. The van der Waals surface area contributed by atoms with E-state index in [1.807, 2.05) is 17.0 Å². The summed E-state index contributed by atoms with van der Waals surface area (Å²) in [5, 5.41) is 7.75. The number of amides is 1. The van der Waals surface area contributed by atoms with Crippen molar-refractivity contribution in [2.75, 3.05) is 26.3 Å². The molecule has 2 aromatic rings. The number of aromatic amines is 1. The first-order valence-electron chi connectivity index (χ1n) is 8.04. The Hall–Kier alpha value is -1.89. The van der Waals surface area contributed by atoms with Crippen LogP contribution >= 0.6 is 11.6 Å². The number of piperidine rings is 1. The molecule has 1 spiro atoms. The molecule has 2 saturated heterocycles. The van der Waals surface area contributed by atoms with Gasteiger partial charge in [-0.15, -0.1) is 0 Å². The van der Waals surface area contributed by atoms with Gasteiger partial charge in [0, 0.05) is 36.5 Å². The van der Waals surface area contributed by atoms with Crippen LogP contribution in [0, 0.1) is 0 Å². The number of ether oxygens (including phenoxy) is 2. The predicted molar refractivity (Wildman–Crippen MR) is 88.8 cm³/mol. The van der Waals surface area contributed by atoms with Crippen molar-refractivity contribution in [3.8, 4) is 11.3 Å². The van der Waals surface area contributed by atoms with Crippen LogP contribution in [0.25, 0.3) is 11.3 Å². The summed E-state index contributed by atoms with van der Waals surface area (Å²) in [7, 11) is 0. The van der Waals surface area contributed by atoms with Gasteiger partial charge in [-0.3, -0.25) is 9.89 Å². The molecule has 4 rings (SSSR count). The van der Waals surface area contributed by atoms with Gasteiger partial charge in [0.15, 0.2) is 5.79 Å². The summed E-state index contributed by atoms with van der Waals surface area (Å²) in [6, 6.07) is 9.15. The zero-order valence-electron chi connectivity index (χ0n) is 13.1. The van der Waals surface area contributed by atoms with Gasteiger partial charge in [-0.25, -0.2) is 0 Å². The molecule has 1 aromatic carbocycles. The van der Waals surface area contributed by atoms with Crippen molar-refractivity contribution < 1.29 is 14.3 Å². The third kappa shape index (κ3) is 2.92. The third-order valence-electron chi connectivity index (χ3n) is 4.57. The van der Waals surface area contributed by atoms with Crippen LogP contribution < -0.4 is 0 Å². The minimum Gasteiger partial charge on any atom is -0.347 e. The Morgan fingerprint density at radius 1 is 1.17 bits per heavy atom. The number of hydrogen-bond donors (Lipinski definition) is 1. The molecule has 3 heterocycles. The van der Waals surface area contributed by atoms with Crippen molar-refractivity contribution in [1.29, 1.82) is 0 Å². The summed E-state index contributed by atoms with van der Waals surface area (Å²) in [5.41, 5.74) is 2.13. The molecule has 1 aromatic heterocycles. The van der Waals surface area contributed by atoms with E-state index in [1.54, 1.807) is 18.2 Å². The van der Waals surface area contributed by atoms with Gasteiger partial charge >= 0.3 is 0 Å². The fourth-order valence-electron chi connectivity index (χ4n) is 3.21.